The van der Waals surface area contributed by atoms with Crippen molar-refractivity contribution >= 4 is 9.84 Å². The molecular weight excluding hydrogens is 274 g/mol. The average molecular weight is 303 g/mol. The summed E-state index contributed by atoms with van der Waals surface area (Å²) in [5, 5.41) is 3.58. The van der Waals surface area contributed by atoms with Crippen LogP contribution in [0.4, 0.5) is 0 Å². The summed E-state index contributed by atoms with van der Waals surface area (Å²) >= 11 is 0. The van der Waals surface area contributed by atoms with Gasteiger partial charge in [0.25, 0.3) is 0 Å². The summed E-state index contributed by atoms with van der Waals surface area (Å²) in [7, 11) is -2.92. The smallest absolute Gasteiger partial charge is 0.147 e. The first-order valence-corrected chi connectivity index (χ1v) is 9.72. The molecule has 2 aliphatic rings. The maximum absolute atomic E-state index is 11.6. The van der Waals surface area contributed by atoms with Gasteiger partial charge in [-0.2, -0.15) is 0 Å². The molecule has 1 heterocycles. The molecule has 2 fully saturated rings. The Kier molecular flexibility index (Phi) is 4.53. The fourth-order valence-corrected chi connectivity index (χ4v) is 3.90. The number of rotatable bonds is 6. The van der Waals surface area contributed by atoms with Gasteiger partial charge in [0.05, 0.1) is 11.9 Å². The standard InChI is InChI=1S/C15H29NO3S/c1-14(2,3)16-11-15(8-10-20(4,17)18)7-9-19-13(15)12-5-6-12/h12-13,16H,5-11H2,1-4H3. The minimum atomic E-state index is -2.92. The van der Waals surface area contributed by atoms with Crippen LogP contribution in [0.5, 0.6) is 0 Å². The molecule has 1 saturated carbocycles. The molecule has 118 valence electrons. The highest BCUT2D eigenvalue weighted by molar-refractivity contribution is 7.90. The molecule has 1 N–H and O–H groups in total. The molecule has 20 heavy (non-hydrogen) atoms. The van der Waals surface area contributed by atoms with E-state index in [1.54, 1.807) is 0 Å². The second kappa shape index (κ2) is 5.58. The van der Waals surface area contributed by atoms with Gasteiger partial charge < -0.3 is 10.1 Å². The quantitative estimate of drug-likeness (QED) is 0.815. The lowest BCUT2D eigenvalue weighted by Crippen LogP contribution is -2.48. The third-order valence-corrected chi connectivity index (χ3v) is 5.44. The van der Waals surface area contributed by atoms with Crippen LogP contribution in [-0.4, -0.2) is 45.2 Å². The van der Waals surface area contributed by atoms with Crippen molar-refractivity contribution in [3.8, 4) is 0 Å². The highest BCUT2D eigenvalue weighted by Crippen LogP contribution is 2.49. The number of ether oxygens (including phenoxy) is 1. The Morgan fingerprint density at radius 1 is 1.30 bits per heavy atom. The predicted octanol–water partition coefficient (Wildman–Crippen LogP) is 1.99. The van der Waals surface area contributed by atoms with Crippen LogP contribution in [0, 0.1) is 11.3 Å². The number of hydrogen-bond acceptors (Lipinski definition) is 4. The first-order valence-electron chi connectivity index (χ1n) is 7.66. The van der Waals surface area contributed by atoms with E-state index in [1.807, 2.05) is 0 Å². The molecule has 2 rings (SSSR count). The molecule has 0 spiro atoms. The lowest BCUT2D eigenvalue weighted by molar-refractivity contribution is 0.0265. The van der Waals surface area contributed by atoms with Crippen molar-refractivity contribution in [2.24, 2.45) is 11.3 Å². The average Bonchev–Trinajstić information content (AvgIpc) is 3.04. The van der Waals surface area contributed by atoms with Crippen molar-refractivity contribution in [3.05, 3.63) is 0 Å². The molecule has 5 heteroatoms. The molecule has 2 unspecified atom stereocenters. The van der Waals surface area contributed by atoms with Crippen LogP contribution in [-0.2, 0) is 14.6 Å². The van der Waals surface area contributed by atoms with Crippen LogP contribution in [0.25, 0.3) is 0 Å². The van der Waals surface area contributed by atoms with Gasteiger partial charge in [-0.3, -0.25) is 0 Å². The van der Waals surface area contributed by atoms with Crippen molar-refractivity contribution in [1.82, 2.24) is 5.32 Å². The Morgan fingerprint density at radius 2 is 1.95 bits per heavy atom. The summed E-state index contributed by atoms with van der Waals surface area (Å²) in [6.07, 6.45) is 5.75. The largest absolute Gasteiger partial charge is 0.377 e. The highest BCUT2D eigenvalue weighted by Gasteiger charge is 2.50. The summed E-state index contributed by atoms with van der Waals surface area (Å²) in [5.41, 5.74) is 0.0479. The third-order valence-electron chi connectivity index (χ3n) is 4.49. The molecule has 0 bridgehead atoms. The van der Waals surface area contributed by atoms with E-state index in [-0.39, 0.29) is 22.8 Å². The van der Waals surface area contributed by atoms with Crippen LogP contribution in [0.1, 0.15) is 46.5 Å². The van der Waals surface area contributed by atoms with Gasteiger partial charge in [-0.25, -0.2) is 8.42 Å². The van der Waals surface area contributed by atoms with E-state index in [2.05, 4.69) is 26.1 Å². The van der Waals surface area contributed by atoms with Crippen molar-refractivity contribution in [2.75, 3.05) is 25.2 Å². The van der Waals surface area contributed by atoms with E-state index in [1.165, 1.54) is 19.1 Å². The zero-order valence-electron chi connectivity index (χ0n) is 13.2. The molecule has 1 aliphatic heterocycles. The Balaban J connectivity index is 2.09. The summed E-state index contributed by atoms with van der Waals surface area (Å²) in [6, 6.07) is 0. The zero-order chi connectivity index (χ0) is 15.0. The van der Waals surface area contributed by atoms with Crippen LogP contribution in [0.3, 0.4) is 0 Å². The maximum atomic E-state index is 11.6. The summed E-state index contributed by atoms with van der Waals surface area (Å²) in [4.78, 5) is 0. The molecule has 0 aromatic carbocycles. The second-order valence-electron chi connectivity index (χ2n) is 7.72. The lowest BCUT2D eigenvalue weighted by atomic mass is 9.76. The van der Waals surface area contributed by atoms with Crippen LogP contribution in [0.15, 0.2) is 0 Å². The van der Waals surface area contributed by atoms with Crippen molar-refractivity contribution < 1.29 is 13.2 Å². The molecule has 1 saturated heterocycles. The molecule has 1 aliphatic carbocycles. The van der Waals surface area contributed by atoms with Gasteiger partial charge in [0.15, 0.2) is 0 Å². The number of sulfone groups is 1. The van der Waals surface area contributed by atoms with E-state index in [9.17, 15) is 8.42 Å². The lowest BCUT2D eigenvalue weighted by Gasteiger charge is -2.37. The summed E-state index contributed by atoms with van der Waals surface area (Å²) < 4.78 is 29.1. The number of nitrogens with one attached hydrogen (secondary N) is 1. The SMILES string of the molecule is CC(C)(C)NCC1(CCS(C)(=O)=O)CCOC1C1CC1. The number of hydrogen-bond donors (Lipinski definition) is 1. The fraction of sp³-hybridized carbons (Fsp3) is 1.00. The van der Waals surface area contributed by atoms with E-state index in [4.69, 9.17) is 4.74 Å². The van der Waals surface area contributed by atoms with E-state index in [0.717, 1.165) is 26.0 Å². The minimum absolute atomic E-state index is 0.00245. The first kappa shape index (κ1) is 16.2. The van der Waals surface area contributed by atoms with E-state index in [0.29, 0.717) is 5.92 Å². The zero-order valence-corrected chi connectivity index (χ0v) is 14.1. The fourth-order valence-electron chi connectivity index (χ4n) is 3.12. The normalized spacial score (nSPS) is 31.7. The second-order valence-corrected chi connectivity index (χ2v) is 9.98. The highest BCUT2D eigenvalue weighted by atomic mass is 32.2. The van der Waals surface area contributed by atoms with Crippen molar-refractivity contribution in [3.63, 3.8) is 0 Å². The first-order chi connectivity index (χ1) is 9.11. The molecule has 0 amide bonds. The van der Waals surface area contributed by atoms with Crippen molar-refractivity contribution in [2.45, 2.75) is 58.1 Å². The molecule has 4 nitrogen and oxygen atoms in total. The van der Waals surface area contributed by atoms with Gasteiger partial charge in [0.2, 0.25) is 0 Å². The van der Waals surface area contributed by atoms with Gasteiger partial charge in [-0.1, -0.05) is 0 Å². The summed E-state index contributed by atoms with van der Waals surface area (Å²) in [6.45, 7) is 8.08. The molecule has 0 aromatic heterocycles. The van der Waals surface area contributed by atoms with E-state index >= 15 is 0 Å². The Hall–Kier alpha value is -0.130. The Bertz CT molecular complexity index is 437. The van der Waals surface area contributed by atoms with E-state index < -0.39 is 9.84 Å². The minimum Gasteiger partial charge on any atom is -0.377 e. The van der Waals surface area contributed by atoms with Gasteiger partial charge >= 0.3 is 0 Å². The van der Waals surface area contributed by atoms with Crippen LogP contribution in [0.2, 0.25) is 0 Å². The Morgan fingerprint density at radius 3 is 2.45 bits per heavy atom. The predicted molar refractivity (Wildman–Crippen MR) is 81.6 cm³/mol. The van der Waals surface area contributed by atoms with Gasteiger partial charge in [0.1, 0.15) is 9.84 Å². The maximum Gasteiger partial charge on any atom is 0.147 e. The van der Waals surface area contributed by atoms with Gasteiger partial charge in [-0.05, 0) is 52.4 Å². The van der Waals surface area contributed by atoms with Gasteiger partial charge in [0, 0.05) is 30.4 Å². The molecule has 0 radical (unpaired) electrons. The third kappa shape index (κ3) is 4.43. The molecule has 2 atom stereocenters. The monoisotopic (exact) mass is 303 g/mol. The Labute approximate surface area is 123 Å². The topological polar surface area (TPSA) is 55.4 Å². The van der Waals surface area contributed by atoms with Gasteiger partial charge in [-0.15, -0.1) is 0 Å². The van der Waals surface area contributed by atoms with Crippen molar-refractivity contribution in [1.29, 1.82) is 0 Å². The summed E-state index contributed by atoms with van der Waals surface area (Å²) in [5.74, 6) is 0.921. The molecule has 0 aromatic rings. The molecular formula is C15H29NO3S. The van der Waals surface area contributed by atoms with Crippen LogP contribution < -0.4 is 5.32 Å². The van der Waals surface area contributed by atoms with Crippen LogP contribution >= 0.6 is 0 Å².